The summed E-state index contributed by atoms with van der Waals surface area (Å²) in [7, 11) is 0. The first-order chi connectivity index (χ1) is 14.9. The van der Waals surface area contributed by atoms with Gasteiger partial charge in [-0.05, 0) is 51.1 Å². The number of aromatic nitrogens is 2. The van der Waals surface area contributed by atoms with Crippen LogP contribution in [0.25, 0.3) is 0 Å². The van der Waals surface area contributed by atoms with Gasteiger partial charge in [0.2, 0.25) is 0 Å². The number of piperazine rings is 1. The van der Waals surface area contributed by atoms with Crippen LogP contribution in [0.4, 0.5) is 16.5 Å². The third-order valence-electron chi connectivity index (χ3n) is 5.22. The molecule has 1 aliphatic rings. The lowest BCUT2D eigenvalue weighted by molar-refractivity contribution is 0.242. The molecular formula is C23H28N6OS. The maximum Gasteiger partial charge on any atom is 0.129 e. The Bertz CT molecular complexity index is 1070. The van der Waals surface area contributed by atoms with Crippen LogP contribution in [0.15, 0.2) is 42.7 Å². The van der Waals surface area contributed by atoms with E-state index in [4.69, 9.17) is 15.9 Å². The monoisotopic (exact) mass is 436 g/mol. The molecule has 0 bridgehead atoms. The summed E-state index contributed by atoms with van der Waals surface area (Å²) in [6, 6.07) is 9.31. The first-order valence-electron chi connectivity index (χ1n) is 10.4. The number of hydrogen-bond donors (Lipinski definition) is 2. The highest BCUT2D eigenvalue weighted by Crippen LogP contribution is 2.27. The van der Waals surface area contributed by atoms with Crippen LogP contribution in [0.1, 0.15) is 30.0 Å². The summed E-state index contributed by atoms with van der Waals surface area (Å²) in [5, 5.41) is 11.1. The van der Waals surface area contributed by atoms with Crippen LogP contribution < -0.4 is 20.3 Å². The number of nitrogen functional groups attached to an aromatic ring is 1. The van der Waals surface area contributed by atoms with Crippen LogP contribution in [-0.4, -0.2) is 48.0 Å². The molecule has 1 aromatic carbocycles. The van der Waals surface area contributed by atoms with E-state index in [1.807, 2.05) is 51.2 Å². The summed E-state index contributed by atoms with van der Waals surface area (Å²) in [5.74, 6) is 1.60. The third-order valence-corrected chi connectivity index (χ3v) is 6.20. The van der Waals surface area contributed by atoms with E-state index in [1.54, 1.807) is 23.6 Å². The molecular weight excluding hydrogens is 408 g/mol. The van der Waals surface area contributed by atoms with Crippen LogP contribution in [-0.2, 0) is 0 Å². The van der Waals surface area contributed by atoms with Crippen LogP contribution in [0, 0.1) is 12.3 Å². The number of rotatable bonds is 6. The van der Waals surface area contributed by atoms with Gasteiger partial charge in [0, 0.05) is 49.2 Å². The summed E-state index contributed by atoms with van der Waals surface area (Å²) in [6.45, 7) is 9.59. The maximum absolute atomic E-state index is 8.75. The van der Waals surface area contributed by atoms with Crippen LogP contribution >= 0.6 is 11.3 Å². The molecule has 0 aliphatic carbocycles. The Labute approximate surface area is 187 Å². The normalized spacial score (nSPS) is 14.2. The Morgan fingerprint density at radius 1 is 1.10 bits per heavy atom. The largest absolute Gasteiger partial charge is 0.491 e. The van der Waals surface area contributed by atoms with Crippen molar-refractivity contribution in [3.8, 4) is 5.75 Å². The lowest BCUT2D eigenvalue weighted by atomic mass is 10.0. The van der Waals surface area contributed by atoms with Gasteiger partial charge < -0.3 is 20.3 Å². The molecule has 2 aromatic heterocycles. The van der Waals surface area contributed by atoms with Crippen LogP contribution in [0.2, 0.25) is 0 Å². The van der Waals surface area contributed by atoms with Crippen molar-refractivity contribution in [3.63, 3.8) is 0 Å². The summed E-state index contributed by atoms with van der Waals surface area (Å²) >= 11 is 1.73. The molecule has 1 aliphatic heterocycles. The fourth-order valence-electron chi connectivity index (χ4n) is 3.65. The zero-order valence-electron chi connectivity index (χ0n) is 18.1. The zero-order valence-corrected chi connectivity index (χ0v) is 18.9. The highest BCUT2D eigenvalue weighted by Gasteiger charge is 2.20. The summed E-state index contributed by atoms with van der Waals surface area (Å²) in [4.78, 5) is 13.6. The number of aryl methyl sites for hydroxylation is 1. The maximum atomic E-state index is 8.75. The van der Waals surface area contributed by atoms with Gasteiger partial charge in [-0.2, -0.15) is 0 Å². The minimum absolute atomic E-state index is 0.0609. The van der Waals surface area contributed by atoms with E-state index in [2.05, 4.69) is 19.8 Å². The second-order valence-electron chi connectivity index (χ2n) is 7.88. The van der Waals surface area contributed by atoms with E-state index in [1.165, 1.54) is 5.00 Å². The van der Waals surface area contributed by atoms with Gasteiger partial charge in [-0.25, -0.2) is 9.97 Å². The van der Waals surface area contributed by atoms with Gasteiger partial charge in [0.25, 0.3) is 0 Å². The average Bonchev–Trinajstić information content (AvgIpc) is 3.21. The van der Waals surface area contributed by atoms with Gasteiger partial charge >= 0.3 is 0 Å². The van der Waals surface area contributed by atoms with E-state index in [0.717, 1.165) is 42.6 Å². The molecule has 0 amide bonds. The van der Waals surface area contributed by atoms with Gasteiger partial charge in [0.05, 0.1) is 23.0 Å². The third kappa shape index (κ3) is 4.80. The van der Waals surface area contributed by atoms with E-state index < -0.39 is 0 Å². The fourth-order valence-corrected chi connectivity index (χ4v) is 4.48. The standard InChI is InChI=1S/C23H28N6OS/c1-15(2)30-18-4-5-20(24)19(13-18)23(25)17-6-7-26-21(12-17)28-8-10-29(11-9-28)22-14-27-16(3)31-22/h4-7,12-15,25H,8-11,24H2,1-3H3. The van der Waals surface area contributed by atoms with Gasteiger partial charge in [0.15, 0.2) is 0 Å². The minimum Gasteiger partial charge on any atom is -0.491 e. The molecule has 0 atom stereocenters. The van der Waals surface area contributed by atoms with Gasteiger partial charge in [0.1, 0.15) is 16.6 Å². The van der Waals surface area contributed by atoms with Crippen LogP contribution in [0.3, 0.4) is 0 Å². The predicted molar refractivity (Wildman–Crippen MR) is 128 cm³/mol. The van der Waals surface area contributed by atoms with Crippen molar-refractivity contribution in [2.45, 2.75) is 26.9 Å². The van der Waals surface area contributed by atoms with Gasteiger partial charge in [-0.15, -0.1) is 11.3 Å². The topological polar surface area (TPSA) is 91.4 Å². The Morgan fingerprint density at radius 3 is 2.52 bits per heavy atom. The first-order valence-corrected chi connectivity index (χ1v) is 11.3. The number of anilines is 3. The highest BCUT2D eigenvalue weighted by atomic mass is 32.1. The molecule has 0 unspecified atom stereocenters. The molecule has 0 saturated carbocycles. The highest BCUT2D eigenvalue weighted by molar-refractivity contribution is 7.15. The molecule has 162 valence electrons. The molecule has 1 fully saturated rings. The quantitative estimate of drug-likeness (QED) is 0.449. The number of benzene rings is 1. The van der Waals surface area contributed by atoms with Crippen molar-refractivity contribution >= 4 is 33.6 Å². The average molecular weight is 437 g/mol. The fraction of sp³-hybridized carbons (Fsp3) is 0.348. The second kappa shape index (κ2) is 8.93. The van der Waals surface area contributed by atoms with Crippen molar-refractivity contribution in [1.29, 1.82) is 5.41 Å². The summed E-state index contributed by atoms with van der Waals surface area (Å²) in [6.07, 6.45) is 3.78. The van der Waals surface area contributed by atoms with Gasteiger partial charge in [-0.3, -0.25) is 5.41 Å². The number of nitrogens with zero attached hydrogens (tertiary/aromatic N) is 4. The Hall–Kier alpha value is -3.13. The van der Waals surface area contributed by atoms with E-state index >= 15 is 0 Å². The number of hydrogen-bond acceptors (Lipinski definition) is 8. The Kier molecular flexibility index (Phi) is 6.08. The second-order valence-corrected chi connectivity index (χ2v) is 9.10. The summed E-state index contributed by atoms with van der Waals surface area (Å²) < 4.78 is 5.78. The van der Waals surface area contributed by atoms with E-state index in [0.29, 0.717) is 22.7 Å². The molecule has 31 heavy (non-hydrogen) atoms. The van der Waals surface area contributed by atoms with E-state index in [9.17, 15) is 0 Å². The van der Waals surface area contributed by atoms with Crippen molar-refractivity contribution in [2.24, 2.45) is 0 Å². The minimum atomic E-state index is 0.0609. The SMILES string of the molecule is Cc1ncc(N2CCN(c3cc(C(=N)c4cc(OC(C)C)ccc4N)ccn3)CC2)s1. The molecule has 3 aromatic rings. The molecule has 1 saturated heterocycles. The number of pyridine rings is 1. The van der Waals surface area contributed by atoms with E-state index in [-0.39, 0.29) is 6.10 Å². The molecule has 4 rings (SSSR count). The number of nitrogens with one attached hydrogen (secondary N) is 1. The first kappa shape index (κ1) is 21.1. The van der Waals surface area contributed by atoms with Gasteiger partial charge in [-0.1, -0.05) is 0 Å². The Balaban J connectivity index is 1.49. The smallest absolute Gasteiger partial charge is 0.129 e. The number of ether oxygens (including phenoxy) is 1. The Morgan fingerprint density at radius 2 is 1.84 bits per heavy atom. The van der Waals surface area contributed by atoms with Crippen molar-refractivity contribution in [1.82, 2.24) is 9.97 Å². The number of thiazole rings is 1. The molecule has 7 nitrogen and oxygen atoms in total. The van der Waals surface area contributed by atoms with Crippen molar-refractivity contribution in [2.75, 3.05) is 41.7 Å². The van der Waals surface area contributed by atoms with Crippen molar-refractivity contribution in [3.05, 3.63) is 58.9 Å². The predicted octanol–water partition coefficient (Wildman–Crippen LogP) is 3.96. The zero-order chi connectivity index (χ0) is 22.0. The van der Waals surface area contributed by atoms with Crippen LogP contribution in [0.5, 0.6) is 5.75 Å². The summed E-state index contributed by atoms with van der Waals surface area (Å²) in [5.41, 5.74) is 8.57. The lowest BCUT2D eigenvalue weighted by Gasteiger charge is -2.35. The molecule has 0 spiro atoms. The molecule has 3 N–H and O–H groups in total. The number of nitrogens with two attached hydrogens (primary N) is 1. The lowest BCUT2D eigenvalue weighted by Crippen LogP contribution is -2.46. The molecule has 8 heteroatoms. The molecule has 3 heterocycles. The van der Waals surface area contributed by atoms with Crippen molar-refractivity contribution < 1.29 is 4.74 Å². The molecule has 0 radical (unpaired) electrons.